The minimum Gasteiger partial charge on any atom is -0.490 e. The average molecular weight is 345 g/mol. The monoisotopic (exact) mass is 345 g/mol. The van der Waals surface area contributed by atoms with Crippen LogP contribution in [0, 0.1) is 5.92 Å². The Labute approximate surface area is 148 Å². The number of ether oxygens (including phenoxy) is 1. The SMILES string of the molecule is CN(C)C(=O)C1CCCN(CC(O)COc2cccc3[nH]ccc23)C1. The summed E-state index contributed by atoms with van der Waals surface area (Å²) >= 11 is 0. The quantitative estimate of drug-likeness (QED) is 0.836. The van der Waals surface area contributed by atoms with E-state index in [4.69, 9.17) is 4.74 Å². The molecule has 1 fully saturated rings. The molecule has 0 spiro atoms. The summed E-state index contributed by atoms with van der Waals surface area (Å²) in [5, 5.41) is 11.4. The predicted octanol–water partition coefficient (Wildman–Crippen LogP) is 1.71. The van der Waals surface area contributed by atoms with Crippen molar-refractivity contribution in [3.8, 4) is 5.75 Å². The number of benzene rings is 1. The van der Waals surface area contributed by atoms with Crippen LogP contribution in [0.3, 0.4) is 0 Å². The van der Waals surface area contributed by atoms with Crippen molar-refractivity contribution < 1.29 is 14.6 Å². The van der Waals surface area contributed by atoms with Gasteiger partial charge in [0.2, 0.25) is 5.91 Å². The van der Waals surface area contributed by atoms with Crippen molar-refractivity contribution in [3.63, 3.8) is 0 Å². The normalized spacial score (nSPS) is 19.7. The third-order valence-electron chi connectivity index (χ3n) is 4.75. The summed E-state index contributed by atoms with van der Waals surface area (Å²) in [6.07, 6.45) is 3.21. The zero-order valence-corrected chi connectivity index (χ0v) is 14.9. The minimum atomic E-state index is -0.581. The Morgan fingerprint density at radius 2 is 2.28 bits per heavy atom. The minimum absolute atomic E-state index is 0.0328. The van der Waals surface area contributed by atoms with Crippen LogP contribution in [0.2, 0.25) is 0 Å². The number of nitrogens with one attached hydrogen (secondary N) is 1. The van der Waals surface area contributed by atoms with Gasteiger partial charge in [-0.05, 0) is 37.6 Å². The van der Waals surface area contributed by atoms with Gasteiger partial charge in [0.1, 0.15) is 18.5 Å². The molecule has 1 aromatic heterocycles. The lowest BCUT2D eigenvalue weighted by Gasteiger charge is -2.34. The molecule has 2 aromatic rings. The van der Waals surface area contributed by atoms with Gasteiger partial charge in [0.05, 0.1) is 5.92 Å². The Hall–Kier alpha value is -2.05. The summed E-state index contributed by atoms with van der Waals surface area (Å²) in [7, 11) is 3.59. The zero-order valence-electron chi connectivity index (χ0n) is 14.9. The summed E-state index contributed by atoms with van der Waals surface area (Å²) in [4.78, 5) is 19.1. The van der Waals surface area contributed by atoms with E-state index in [-0.39, 0.29) is 18.4 Å². The smallest absolute Gasteiger partial charge is 0.226 e. The van der Waals surface area contributed by atoms with Crippen molar-refractivity contribution in [2.45, 2.75) is 18.9 Å². The maximum Gasteiger partial charge on any atom is 0.226 e. The first kappa shape index (κ1) is 17.8. The summed E-state index contributed by atoms with van der Waals surface area (Å²) in [6.45, 7) is 2.40. The Morgan fingerprint density at radius 1 is 1.44 bits per heavy atom. The molecule has 1 aliphatic heterocycles. The fourth-order valence-electron chi connectivity index (χ4n) is 3.51. The van der Waals surface area contributed by atoms with Gasteiger partial charge in [0, 0.05) is 44.3 Å². The molecule has 0 bridgehead atoms. The van der Waals surface area contributed by atoms with Crippen molar-refractivity contribution in [3.05, 3.63) is 30.5 Å². The number of carbonyl (C=O) groups is 1. The highest BCUT2D eigenvalue weighted by molar-refractivity contribution is 5.85. The highest BCUT2D eigenvalue weighted by atomic mass is 16.5. The number of aromatic amines is 1. The zero-order chi connectivity index (χ0) is 17.8. The number of nitrogens with zero attached hydrogens (tertiary/aromatic N) is 2. The third kappa shape index (κ3) is 4.32. The molecule has 1 saturated heterocycles. The summed E-state index contributed by atoms with van der Waals surface area (Å²) in [5.41, 5.74) is 1.02. The number of H-pyrrole nitrogens is 1. The van der Waals surface area contributed by atoms with E-state index in [2.05, 4.69) is 9.88 Å². The second-order valence-electron chi connectivity index (χ2n) is 6.99. The van der Waals surface area contributed by atoms with E-state index in [1.807, 2.05) is 30.5 Å². The van der Waals surface area contributed by atoms with E-state index in [1.165, 1.54) is 0 Å². The molecule has 1 amide bonds. The fourth-order valence-corrected chi connectivity index (χ4v) is 3.51. The van der Waals surface area contributed by atoms with Crippen LogP contribution in [-0.4, -0.2) is 72.2 Å². The van der Waals surface area contributed by atoms with Crippen molar-refractivity contribution in [2.24, 2.45) is 5.92 Å². The lowest BCUT2D eigenvalue weighted by Crippen LogP contribution is -2.46. The van der Waals surface area contributed by atoms with Gasteiger partial charge in [-0.15, -0.1) is 0 Å². The molecule has 1 aromatic carbocycles. The van der Waals surface area contributed by atoms with E-state index in [0.29, 0.717) is 13.1 Å². The molecular weight excluding hydrogens is 318 g/mol. The van der Waals surface area contributed by atoms with Crippen LogP contribution >= 0.6 is 0 Å². The molecule has 2 unspecified atom stereocenters. The van der Waals surface area contributed by atoms with E-state index < -0.39 is 6.10 Å². The molecule has 6 nitrogen and oxygen atoms in total. The van der Waals surface area contributed by atoms with Gasteiger partial charge < -0.3 is 19.7 Å². The van der Waals surface area contributed by atoms with Gasteiger partial charge in [0.25, 0.3) is 0 Å². The van der Waals surface area contributed by atoms with Crippen LogP contribution in [0.1, 0.15) is 12.8 Å². The van der Waals surface area contributed by atoms with Crippen molar-refractivity contribution in [1.82, 2.24) is 14.8 Å². The lowest BCUT2D eigenvalue weighted by molar-refractivity contribution is -0.135. The molecular formula is C19H27N3O3. The number of β-amino-alcohol motifs (C(OH)–C–C–N with tert-alkyl or cyclic N) is 1. The summed E-state index contributed by atoms with van der Waals surface area (Å²) in [5.74, 6) is 0.983. The maximum atomic E-state index is 12.1. The number of likely N-dealkylation sites (tertiary alicyclic amines) is 1. The fraction of sp³-hybridized carbons (Fsp3) is 0.526. The first-order valence-electron chi connectivity index (χ1n) is 8.85. The van der Waals surface area contributed by atoms with Crippen molar-refractivity contribution >= 4 is 16.8 Å². The number of aliphatic hydroxyl groups excluding tert-OH is 1. The molecule has 1 aliphatic rings. The van der Waals surface area contributed by atoms with E-state index in [0.717, 1.165) is 36.0 Å². The average Bonchev–Trinajstić information content (AvgIpc) is 3.08. The highest BCUT2D eigenvalue weighted by Gasteiger charge is 2.27. The van der Waals surface area contributed by atoms with Gasteiger partial charge in [-0.3, -0.25) is 9.69 Å². The first-order valence-corrected chi connectivity index (χ1v) is 8.85. The van der Waals surface area contributed by atoms with Crippen LogP contribution in [0.25, 0.3) is 10.9 Å². The molecule has 2 N–H and O–H groups in total. The number of amides is 1. The van der Waals surface area contributed by atoms with E-state index >= 15 is 0 Å². The summed E-state index contributed by atoms with van der Waals surface area (Å²) in [6, 6.07) is 7.81. The van der Waals surface area contributed by atoms with Gasteiger partial charge in [-0.2, -0.15) is 0 Å². The highest BCUT2D eigenvalue weighted by Crippen LogP contribution is 2.24. The van der Waals surface area contributed by atoms with Crippen LogP contribution in [-0.2, 0) is 4.79 Å². The van der Waals surface area contributed by atoms with Crippen LogP contribution in [0.15, 0.2) is 30.5 Å². The number of aromatic nitrogens is 1. The lowest BCUT2D eigenvalue weighted by atomic mass is 9.96. The number of piperidine rings is 1. The molecule has 25 heavy (non-hydrogen) atoms. The molecule has 2 heterocycles. The number of rotatable bonds is 6. The number of aliphatic hydroxyl groups is 1. The van der Waals surface area contributed by atoms with Crippen molar-refractivity contribution in [2.75, 3.05) is 40.3 Å². The van der Waals surface area contributed by atoms with Crippen LogP contribution in [0.5, 0.6) is 5.75 Å². The number of carbonyl (C=O) groups excluding carboxylic acids is 1. The largest absolute Gasteiger partial charge is 0.490 e. The topological polar surface area (TPSA) is 68.8 Å². The number of hydrogen-bond donors (Lipinski definition) is 2. The predicted molar refractivity (Wildman–Crippen MR) is 97.7 cm³/mol. The van der Waals surface area contributed by atoms with Crippen molar-refractivity contribution in [1.29, 1.82) is 0 Å². The third-order valence-corrected chi connectivity index (χ3v) is 4.75. The van der Waals surface area contributed by atoms with Gasteiger partial charge in [-0.1, -0.05) is 6.07 Å². The number of hydrogen-bond acceptors (Lipinski definition) is 4. The Balaban J connectivity index is 1.51. The first-order chi connectivity index (χ1) is 12.0. The Morgan fingerprint density at radius 3 is 3.08 bits per heavy atom. The van der Waals surface area contributed by atoms with Gasteiger partial charge >= 0.3 is 0 Å². The van der Waals surface area contributed by atoms with Crippen LogP contribution < -0.4 is 4.74 Å². The molecule has 136 valence electrons. The second-order valence-corrected chi connectivity index (χ2v) is 6.99. The second kappa shape index (κ2) is 7.89. The molecule has 0 aliphatic carbocycles. The molecule has 2 atom stereocenters. The molecule has 0 saturated carbocycles. The summed E-state index contributed by atoms with van der Waals surface area (Å²) < 4.78 is 5.82. The van der Waals surface area contributed by atoms with E-state index in [1.54, 1.807) is 19.0 Å². The van der Waals surface area contributed by atoms with E-state index in [9.17, 15) is 9.90 Å². The van der Waals surface area contributed by atoms with Gasteiger partial charge in [-0.25, -0.2) is 0 Å². The Kier molecular flexibility index (Phi) is 5.60. The molecule has 6 heteroatoms. The molecule has 0 radical (unpaired) electrons. The molecule has 3 rings (SSSR count). The number of fused-ring (bicyclic) bond motifs is 1. The van der Waals surface area contributed by atoms with Gasteiger partial charge in [0.15, 0.2) is 0 Å². The maximum absolute atomic E-state index is 12.1. The van der Waals surface area contributed by atoms with Crippen LogP contribution in [0.4, 0.5) is 0 Å². The standard InChI is InChI=1S/C19H27N3O3/c1-21(2)19(24)14-5-4-10-22(11-14)12-15(23)13-25-18-7-3-6-17-16(18)8-9-20-17/h3,6-9,14-15,20,23H,4-5,10-13H2,1-2H3. The Bertz CT molecular complexity index is 713.